The van der Waals surface area contributed by atoms with Gasteiger partial charge in [-0.1, -0.05) is 23.7 Å². The number of hydrogen-bond acceptors (Lipinski definition) is 5. The number of ketones is 1. The maximum absolute atomic E-state index is 13.6. The minimum Gasteiger partial charge on any atom is -0.503 e. The van der Waals surface area contributed by atoms with Crippen molar-refractivity contribution < 1.29 is 32.6 Å². The number of anilines is 1. The van der Waals surface area contributed by atoms with E-state index >= 15 is 0 Å². The molecule has 1 aliphatic rings. The fourth-order valence-corrected chi connectivity index (χ4v) is 4.36. The minimum absolute atomic E-state index is 0.164. The number of aliphatic hydroxyl groups excluding tert-OH is 1. The molecule has 5 rings (SSSR count). The van der Waals surface area contributed by atoms with E-state index in [4.69, 9.17) is 20.8 Å². The summed E-state index contributed by atoms with van der Waals surface area (Å²) in [6.07, 6.45) is 0. The topological polar surface area (TPSA) is 80.0 Å². The zero-order valence-electron chi connectivity index (χ0n) is 18.1. The van der Waals surface area contributed by atoms with Gasteiger partial charge in [-0.3, -0.25) is 14.5 Å². The third-order valence-electron chi connectivity index (χ3n) is 5.73. The maximum atomic E-state index is 13.6. The van der Waals surface area contributed by atoms with Crippen LogP contribution in [0.2, 0.25) is 5.02 Å². The van der Waals surface area contributed by atoms with E-state index in [1.54, 1.807) is 6.07 Å². The average Bonchev–Trinajstić information content (AvgIpc) is 3.38. The van der Waals surface area contributed by atoms with Crippen LogP contribution >= 0.6 is 11.6 Å². The fourth-order valence-electron chi connectivity index (χ4n) is 4.15. The normalized spacial score (nSPS) is 15.8. The number of ether oxygens (including phenoxy) is 1. The quantitative estimate of drug-likeness (QED) is 0.336. The maximum Gasteiger partial charge on any atom is 0.294 e. The third kappa shape index (κ3) is 3.81. The van der Waals surface area contributed by atoms with Crippen LogP contribution in [0.15, 0.2) is 82.5 Å². The Hall–Kier alpha value is -4.17. The molecule has 0 saturated heterocycles. The van der Waals surface area contributed by atoms with E-state index in [9.17, 15) is 23.5 Å². The number of benzene rings is 3. The molecule has 3 aromatic carbocycles. The van der Waals surface area contributed by atoms with E-state index in [1.165, 1.54) is 55.6 Å². The van der Waals surface area contributed by atoms with Gasteiger partial charge in [-0.2, -0.15) is 0 Å². The van der Waals surface area contributed by atoms with Crippen LogP contribution in [-0.4, -0.2) is 23.9 Å². The molecule has 1 amide bonds. The summed E-state index contributed by atoms with van der Waals surface area (Å²) in [5.41, 5.74) is 0.583. The Morgan fingerprint density at radius 2 is 1.66 bits per heavy atom. The molecule has 0 spiro atoms. The van der Waals surface area contributed by atoms with E-state index in [2.05, 4.69) is 0 Å². The van der Waals surface area contributed by atoms with Crippen LogP contribution in [-0.2, 0) is 4.79 Å². The summed E-state index contributed by atoms with van der Waals surface area (Å²) < 4.78 is 38.2. The summed E-state index contributed by atoms with van der Waals surface area (Å²) in [5, 5.41) is 11.7. The summed E-state index contributed by atoms with van der Waals surface area (Å²) >= 11 is 6.11. The highest BCUT2D eigenvalue weighted by molar-refractivity contribution is 6.31. The number of nitrogens with zero attached hydrogens (tertiary/aromatic N) is 1. The molecule has 2 heterocycles. The second kappa shape index (κ2) is 8.56. The van der Waals surface area contributed by atoms with E-state index in [0.29, 0.717) is 21.7 Å². The Kier molecular flexibility index (Phi) is 5.53. The smallest absolute Gasteiger partial charge is 0.294 e. The Morgan fingerprint density at radius 3 is 2.29 bits per heavy atom. The van der Waals surface area contributed by atoms with E-state index in [0.717, 1.165) is 17.0 Å². The van der Waals surface area contributed by atoms with Gasteiger partial charge in [-0.15, -0.1) is 0 Å². The van der Waals surface area contributed by atoms with E-state index in [-0.39, 0.29) is 22.6 Å². The molecule has 0 fully saturated rings. The molecule has 4 aromatic rings. The lowest BCUT2D eigenvalue weighted by Crippen LogP contribution is -2.31. The van der Waals surface area contributed by atoms with Gasteiger partial charge in [0, 0.05) is 22.2 Å². The van der Waals surface area contributed by atoms with Gasteiger partial charge < -0.3 is 14.3 Å². The number of amides is 1. The molecular formula is C26H16ClF2NO5. The molecule has 0 saturated carbocycles. The number of rotatable bonds is 5. The Morgan fingerprint density at radius 1 is 1.03 bits per heavy atom. The van der Waals surface area contributed by atoms with Crippen molar-refractivity contribution in [1.82, 2.24) is 0 Å². The van der Waals surface area contributed by atoms with Crippen LogP contribution in [0.3, 0.4) is 0 Å². The van der Waals surface area contributed by atoms with Crippen molar-refractivity contribution in [3.05, 3.63) is 106 Å². The van der Waals surface area contributed by atoms with Gasteiger partial charge in [-0.25, -0.2) is 8.78 Å². The highest BCUT2D eigenvalue weighted by atomic mass is 35.5. The molecule has 0 radical (unpaired) electrons. The Bertz CT molecular complexity index is 1510. The first-order chi connectivity index (χ1) is 16.8. The van der Waals surface area contributed by atoms with Gasteiger partial charge in [-0.05, 0) is 54.1 Å². The van der Waals surface area contributed by atoms with E-state index in [1.807, 2.05) is 0 Å². The molecular weight excluding hydrogens is 480 g/mol. The summed E-state index contributed by atoms with van der Waals surface area (Å²) in [4.78, 5) is 27.9. The molecule has 6 nitrogen and oxygen atoms in total. The number of aliphatic hydroxyl groups is 1. The number of furan rings is 1. The summed E-state index contributed by atoms with van der Waals surface area (Å²) in [7, 11) is 1.42. The van der Waals surface area contributed by atoms with E-state index < -0.39 is 35.1 Å². The first-order valence-corrected chi connectivity index (χ1v) is 10.8. The predicted octanol–water partition coefficient (Wildman–Crippen LogP) is 6.16. The van der Waals surface area contributed by atoms with Gasteiger partial charge in [0.15, 0.2) is 22.9 Å². The molecule has 35 heavy (non-hydrogen) atoms. The molecule has 1 unspecified atom stereocenters. The highest BCUT2D eigenvalue weighted by Crippen LogP contribution is 2.43. The molecule has 1 aliphatic heterocycles. The largest absolute Gasteiger partial charge is 0.503 e. The Labute approximate surface area is 202 Å². The SMILES string of the molecule is COc1cc(Cl)cc2cc(C(=O)C3=C(O)C(=O)N(c4ccc(F)cc4)C3c3ccc(F)cc3)oc12. The van der Waals surface area contributed by atoms with Gasteiger partial charge in [0.25, 0.3) is 5.91 Å². The zero-order chi connectivity index (χ0) is 24.9. The molecule has 176 valence electrons. The third-order valence-corrected chi connectivity index (χ3v) is 5.95. The van der Waals surface area contributed by atoms with Gasteiger partial charge >= 0.3 is 0 Å². The van der Waals surface area contributed by atoms with Crippen molar-refractivity contribution in [3.8, 4) is 5.75 Å². The second-order valence-electron chi connectivity index (χ2n) is 7.83. The first-order valence-electron chi connectivity index (χ1n) is 10.4. The van der Waals surface area contributed by atoms with Crippen LogP contribution in [0.1, 0.15) is 22.2 Å². The standard InChI is InChI=1S/C26H16ClF2NO5/c1-34-20-12-15(27)10-14-11-19(35-25(14)20)23(31)21-22(13-2-4-16(28)5-3-13)30(26(33)24(21)32)18-8-6-17(29)7-9-18/h2-12,22,32H,1H3. The van der Waals surface area contributed by atoms with Crippen LogP contribution in [0.5, 0.6) is 5.75 Å². The van der Waals surface area contributed by atoms with Crippen LogP contribution < -0.4 is 9.64 Å². The monoisotopic (exact) mass is 495 g/mol. The molecule has 1 N–H and O–H groups in total. The number of Topliss-reactive ketones (excluding diaryl/α,β-unsaturated/α-hetero) is 1. The highest BCUT2D eigenvalue weighted by Gasteiger charge is 2.45. The van der Waals surface area contributed by atoms with Crippen molar-refractivity contribution >= 4 is 39.9 Å². The number of hydrogen-bond donors (Lipinski definition) is 1. The number of methoxy groups -OCH3 is 1. The fraction of sp³-hybridized carbons (Fsp3) is 0.0769. The lowest BCUT2D eigenvalue weighted by molar-refractivity contribution is -0.117. The van der Waals surface area contributed by atoms with Crippen molar-refractivity contribution in [2.45, 2.75) is 6.04 Å². The molecule has 1 aromatic heterocycles. The summed E-state index contributed by atoms with van der Waals surface area (Å²) in [6, 6.07) is 13.5. The average molecular weight is 496 g/mol. The van der Waals surface area contributed by atoms with Gasteiger partial charge in [0.05, 0.1) is 18.7 Å². The lowest BCUT2D eigenvalue weighted by atomic mass is 9.94. The van der Waals surface area contributed by atoms with Crippen molar-refractivity contribution in [2.24, 2.45) is 0 Å². The van der Waals surface area contributed by atoms with Gasteiger partial charge in [0.2, 0.25) is 5.78 Å². The van der Waals surface area contributed by atoms with Crippen molar-refractivity contribution in [1.29, 1.82) is 0 Å². The van der Waals surface area contributed by atoms with Crippen molar-refractivity contribution in [2.75, 3.05) is 12.0 Å². The minimum atomic E-state index is -1.13. The summed E-state index contributed by atoms with van der Waals surface area (Å²) in [5.74, 6) is -3.33. The molecule has 0 bridgehead atoms. The first kappa shape index (κ1) is 22.6. The number of carbonyl (C=O) groups is 2. The van der Waals surface area contributed by atoms with Crippen LogP contribution in [0, 0.1) is 11.6 Å². The molecule has 1 atom stereocenters. The number of carbonyl (C=O) groups excluding carboxylic acids is 2. The van der Waals surface area contributed by atoms with Crippen LogP contribution in [0.4, 0.5) is 14.5 Å². The second-order valence-corrected chi connectivity index (χ2v) is 8.27. The van der Waals surface area contributed by atoms with Crippen molar-refractivity contribution in [3.63, 3.8) is 0 Å². The zero-order valence-corrected chi connectivity index (χ0v) is 18.8. The molecule has 0 aliphatic carbocycles. The molecule has 9 heteroatoms. The Balaban J connectivity index is 1.66. The van der Waals surface area contributed by atoms with Gasteiger partial charge in [0.1, 0.15) is 11.6 Å². The number of halogens is 3. The van der Waals surface area contributed by atoms with Crippen LogP contribution in [0.25, 0.3) is 11.0 Å². The lowest BCUT2D eigenvalue weighted by Gasteiger charge is -2.26. The number of fused-ring (bicyclic) bond motifs is 1. The summed E-state index contributed by atoms with van der Waals surface area (Å²) in [6.45, 7) is 0. The predicted molar refractivity (Wildman–Crippen MR) is 125 cm³/mol.